The summed E-state index contributed by atoms with van der Waals surface area (Å²) in [6.45, 7) is 3.18. The average Bonchev–Trinajstić information content (AvgIpc) is 3.04. The molecule has 6 aromatic rings. The molecule has 0 saturated carbocycles. The lowest BCUT2D eigenvalue weighted by Crippen LogP contribution is -1.93. The van der Waals surface area contributed by atoms with E-state index in [1.807, 2.05) is 0 Å². The molecule has 0 saturated heterocycles. The first-order chi connectivity index (χ1) is 13.8. The Morgan fingerprint density at radius 1 is 0.571 bits per heavy atom. The van der Waals surface area contributed by atoms with Gasteiger partial charge in [0, 0.05) is 32.8 Å². The maximum atomic E-state index is 3.66. The molecule has 1 nitrogen and oxygen atoms in total. The van der Waals surface area contributed by atoms with Gasteiger partial charge in [-0.2, -0.15) is 0 Å². The highest BCUT2D eigenvalue weighted by Crippen LogP contribution is 2.40. The number of nitrogens with zero attached hydrogens (tertiary/aromatic N) is 1. The van der Waals surface area contributed by atoms with Gasteiger partial charge in [0.2, 0.25) is 0 Å². The summed E-state index contributed by atoms with van der Waals surface area (Å²) in [5, 5.41) is 10.6. The third-order valence-corrected chi connectivity index (χ3v) is 6.50. The van der Waals surface area contributed by atoms with E-state index in [1.165, 1.54) is 54.1 Å². The minimum absolute atomic E-state index is 0.957. The van der Waals surface area contributed by atoms with Crippen molar-refractivity contribution >= 4 is 70.1 Å². The zero-order valence-corrected chi connectivity index (χ0v) is 17.1. The number of aromatic nitrogens is 1. The van der Waals surface area contributed by atoms with Gasteiger partial charge < -0.3 is 4.57 Å². The van der Waals surface area contributed by atoms with Gasteiger partial charge in [-0.15, -0.1) is 0 Å². The minimum atomic E-state index is 0.957. The molecule has 0 aliphatic carbocycles. The van der Waals surface area contributed by atoms with Crippen molar-refractivity contribution in [2.24, 2.45) is 0 Å². The fourth-order valence-corrected chi connectivity index (χ4v) is 5.17. The molecule has 5 aromatic carbocycles. The fraction of sp³-hybridized carbons (Fsp3) is 0.0769. The van der Waals surface area contributed by atoms with E-state index in [9.17, 15) is 0 Å². The van der Waals surface area contributed by atoms with Gasteiger partial charge in [-0.05, 0) is 69.6 Å². The molecular formula is C26H18BrN. The van der Waals surface area contributed by atoms with Crippen LogP contribution in [-0.2, 0) is 6.54 Å². The van der Waals surface area contributed by atoms with Crippen molar-refractivity contribution in [3.63, 3.8) is 0 Å². The van der Waals surface area contributed by atoms with Crippen molar-refractivity contribution in [1.29, 1.82) is 0 Å². The van der Waals surface area contributed by atoms with E-state index in [0.29, 0.717) is 0 Å². The van der Waals surface area contributed by atoms with E-state index in [0.717, 1.165) is 11.0 Å². The zero-order chi connectivity index (χ0) is 18.8. The van der Waals surface area contributed by atoms with Crippen molar-refractivity contribution < 1.29 is 0 Å². The Labute approximate surface area is 171 Å². The Hall–Kier alpha value is -2.84. The van der Waals surface area contributed by atoms with Crippen LogP contribution in [0.2, 0.25) is 0 Å². The van der Waals surface area contributed by atoms with Gasteiger partial charge in [-0.1, -0.05) is 64.5 Å². The highest BCUT2D eigenvalue weighted by Gasteiger charge is 2.14. The topological polar surface area (TPSA) is 4.93 Å². The first kappa shape index (κ1) is 16.1. The van der Waals surface area contributed by atoms with Gasteiger partial charge in [0.05, 0.1) is 0 Å². The zero-order valence-electron chi connectivity index (χ0n) is 15.5. The molecule has 0 amide bonds. The Morgan fingerprint density at radius 3 is 1.71 bits per heavy atom. The molecule has 0 atom stereocenters. The van der Waals surface area contributed by atoms with Gasteiger partial charge >= 0.3 is 0 Å². The number of fused-ring (bicyclic) bond motifs is 9. The lowest BCUT2D eigenvalue weighted by atomic mass is 9.93. The minimum Gasteiger partial charge on any atom is -0.341 e. The summed E-state index contributed by atoms with van der Waals surface area (Å²) >= 11 is 3.66. The van der Waals surface area contributed by atoms with Crippen LogP contribution >= 0.6 is 15.9 Å². The maximum Gasteiger partial charge on any atom is 0.0497 e. The Bertz CT molecular complexity index is 1560. The summed E-state index contributed by atoms with van der Waals surface area (Å²) in [5.74, 6) is 0. The standard InChI is InChI=1S/C26H18BrN/c1-2-28-25-12-11-16(27)13-23(25)24-14-21-19-9-5-3-7-17(19)18-8-4-6-10-20(18)22(21)15-26(24)28/h3-15H,2H2,1H3. The summed E-state index contributed by atoms with van der Waals surface area (Å²) in [5.41, 5.74) is 2.60. The predicted octanol–water partition coefficient (Wildman–Crippen LogP) is 8.04. The van der Waals surface area contributed by atoms with Gasteiger partial charge in [-0.25, -0.2) is 0 Å². The van der Waals surface area contributed by atoms with Crippen molar-refractivity contribution in [3.05, 3.63) is 83.3 Å². The maximum absolute atomic E-state index is 3.66. The third kappa shape index (κ3) is 2.07. The van der Waals surface area contributed by atoms with Crippen LogP contribution in [-0.4, -0.2) is 4.57 Å². The first-order valence-electron chi connectivity index (χ1n) is 9.71. The molecule has 0 fully saturated rings. The summed E-state index contributed by atoms with van der Waals surface area (Å²) < 4.78 is 3.55. The van der Waals surface area contributed by atoms with Gasteiger partial charge in [0.25, 0.3) is 0 Å². The van der Waals surface area contributed by atoms with E-state index in [2.05, 4.69) is 106 Å². The number of rotatable bonds is 1. The number of aryl methyl sites for hydroxylation is 1. The Morgan fingerprint density at radius 2 is 1.11 bits per heavy atom. The highest BCUT2D eigenvalue weighted by atomic mass is 79.9. The van der Waals surface area contributed by atoms with Gasteiger partial charge in [0.15, 0.2) is 0 Å². The van der Waals surface area contributed by atoms with E-state index in [4.69, 9.17) is 0 Å². The second kappa shape index (κ2) is 5.83. The van der Waals surface area contributed by atoms with E-state index < -0.39 is 0 Å². The summed E-state index contributed by atoms with van der Waals surface area (Å²) in [4.78, 5) is 0. The molecule has 6 rings (SSSR count). The summed E-state index contributed by atoms with van der Waals surface area (Å²) in [7, 11) is 0. The average molecular weight is 424 g/mol. The molecule has 0 aliphatic rings. The lowest BCUT2D eigenvalue weighted by Gasteiger charge is -2.11. The molecule has 0 N–H and O–H groups in total. The van der Waals surface area contributed by atoms with Crippen LogP contribution in [0.15, 0.2) is 83.3 Å². The summed E-state index contributed by atoms with van der Waals surface area (Å²) in [6.07, 6.45) is 0. The molecule has 0 aliphatic heterocycles. The SMILES string of the molecule is CCn1c2ccc(Br)cc2c2cc3c4ccccc4c4ccccc4c3cc21. The lowest BCUT2D eigenvalue weighted by molar-refractivity contribution is 0.827. The number of hydrogen-bond acceptors (Lipinski definition) is 0. The molecule has 0 spiro atoms. The highest BCUT2D eigenvalue weighted by molar-refractivity contribution is 9.10. The summed E-state index contributed by atoms with van der Waals surface area (Å²) in [6, 6.07) is 29.0. The first-order valence-corrected chi connectivity index (χ1v) is 10.5. The fourth-order valence-electron chi connectivity index (χ4n) is 4.81. The van der Waals surface area contributed by atoms with Gasteiger partial charge in [0.1, 0.15) is 0 Å². The molecule has 0 radical (unpaired) electrons. The van der Waals surface area contributed by atoms with E-state index >= 15 is 0 Å². The van der Waals surface area contributed by atoms with Crippen LogP contribution in [0.5, 0.6) is 0 Å². The van der Waals surface area contributed by atoms with E-state index in [-0.39, 0.29) is 0 Å². The van der Waals surface area contributed by atoms with E-state index in [1.54, 1.807) is 0 Å². The second-order valence-electron chi connectivity index (χ2n) is 7.41. The number of halogens is 1. The number of hydrogen-bond donors (Lipinski definition) is 0. The largest absolute Gasteiger partial charge is 0.341 e. The molecule has 2 heteroatoms. The Kier molecular flexibility index (Phi) is 3.36. The normalized spacial score (nSPS) is 12.1. The van der Waals surface area contributed by atoms with Crippen molar-refractivity contribution in [2.75, 3.05) is 0 Å². The van der Waals surface area contributed by atoms with Crippen molar-refractivity contribution in [1.82, 2.24) is 4.57 Å². The molecule has 28 heavy (non-hydrogen) atoms. The van der Waals surface area contributed by atoms with Gasteiger partial charge in [-0.3, -0.25) is 0 Å². The molecule has 134 valence electrons. The monoisotopic (exact) mass is 423 g/mol. The van der Waals surface area contributed by atoms with Crippen LogP contribution in [0.1, 0.15) is 6.92 Å². The molecule has 0 bridgehead atoms. The van der Waals surface area contributed by atoms with Crippen molar-refractivity contribution in [3.8, 4) is 0 Å². The van der Waals surface area contributed by atoms with Crippen LogP contribution in [0.4, 0.5) is 0 Å². The molecular weight excluding hydrogens is 406 g/mol. The second-order valence-corrected chi connectivity index (χ2v) is 8.33. The smallest absolute Gasteiger partial charge is 0.0497 e. The quantitative estimate of drug-likeness (QED) is 0.236. The Balaban J connectivity index is 1.95. The van der Waals surface area contributed by atoms with Crippen LogP contribution in [0.3, 0.4) is 0 Å². The molecule has 1 aromatic heterocycles. The number of benzene rings is 5. The third-order valence-electron chi connectivity index (χ3n) is 6.01. The van der Waals surface area contributed by atoms with Crippen LogP contribution in [0, 0.1) is 0 Å². The van der Waals surface area contributed by atoms with Crippen molar-refractivity contribution in [2.45, 2.75) is 13.5 Å². The predicted molar refractivity (Wildman–Crippen MR) is 125 cm³/mol. The molecule has 0 unspecified atom stereocenters. The van der Waals surface area contributed by atoms with Crippen LogP contribution in [0.25, 0.3) is 54.1 Å². The molecule has 1 heterocycles. The van der Waals surface area contributed by atoms with Crippen LogP contribution < -0.4 is 0 Å².